The van der Waals surface area contributed by atoms with Gasteiger partial charge in [-0.1, -0.05) is 19.1 Å². The van der Waals surface area contributed by atoms with Crippen molar-refractivity contribution in [1.29, 1.82) is 0 Å². The van der Waals surface area contributed by atoms with E-state index in [1.54, 1.807) is 0 Å². The average Bonchev–Trinajstić information content (AvgIpc) is 2.18. The summed E-state index contributed by atoms with van der Waals surface area (Å²) in [7, 11) is 0. The van der Waals surface area contributed by atoms with Crippen LogP contribution >= 0.6 is 0 Å². The third kappa shape index (κ3) is 4.47. The van der Waals surface area contributed by atoms with Crippen LogP contribution in [0.15, 0.2) is 24.3 Å². The highest BCUT2D eigenvalue weighted by molar-refractivity contribution is 5.80. The number of carbonyl (C=O) groups is 1. The molecule has 1 rings (SSSR count). The number of nitrogens with one attached hydrogen (secondary N) is 1. The molecule has 0 radical (unpaired) electrons. The SMILES string of the molecule is CCC(=O)Cc1ccc(NC(C)(C)C)cc1. The molecule has 1 aromatic carbocycles. The van der Waals surface area contributed by atoms with Crippen molar-refractivity contribution in [3.63, 3.8) is 0 Å². The predicted molar refractivity (Wildman–Crippen MR) is 68.8 cm³/mol. The first-order chi connectivity index (χ1) is 7.40. The Morgan fingerprint density at radius 3 is 2.19 bits per heavy atom. The molecule has 1 aromatic rings. The summed E-state index contributed by atoms with van der Waals surface area (Å²) in [6.07, 6.45) is 1.16. The van der Waals surface area contributed by atoms with E-state index in [-0.39, 0.29) is 11.3 Å². The van der Waals surface area contributed by atoms with Gasteiger partial charge in [0, 0.05) is 24.1 Å². The van der Waals surface area contributed by atoms with E-state index in [1.165, 1.54) is 0 Å². The van der Waals surface area contributed by atoms with Crippen molar-refractivity contribution in [2.45, 2.75) is 46.1 Å². The second-order valence-electron chi connectivity index (χ2n) is 5.14. The number of benzene rings is 1. The molecule has 0 aliphatic rings. The predicted octanol–water partition coefficient (Wildman–Crippen LogP) is 3.42. The van der Waals surface area contributed by atoms with Crippen molar-refractivity contribution in [3.8, 4) is 0 Å². The van der Waals surface area contributed by atoms with Gasteiger partial charge in [-0.15, -0.1) is 0 Å². The highest BCUT2D eigenvalue weighted by Crippen LogP contribution is 2.15. The van der Waals surface area contributed by atoms with E-state index in [2.05, 4.69) is 26.1 Å². The largest absolute Gasteiger partial charge is 0.380 e. The summed E-state index contributed by atoms with van der Waals surface area (Å²) in [5.41, 5.74) is 2.26. The molecule has 0 unspecified atom stereocenters. The van der Waals surface area contributed by atoms with Gasteiger partial charge in [-0.05, 0) is 38.5 Å². The van der Waals surface area contributed by atoms with Crippen molar-refractivity contribution in [1.82, 2.24) is 0 Å². The smallest absolute Gasteiger partial charge is 0.136 e. The van der Waals surface area contributed by atoms with Gasteiger partial charge in [-0.3, -0.25) is 4.79 Å². The maximum absolute atomic E-state index is 11.3. The molecule has 0 aromatic heterocycles. The number of hydrogen-bond donors (Lipinski definition) is 1. The van der Waals surface area contributed by atoms with Gasteiger partial charge in [0.25, 0.3) is 0 Å². The van der Waals surface area contributed by atoms with Gasteiger partial charge in [0.1, 0.15) is 5.78 Å². The lowest BCUT2D eigenvalue weighted by Gasteiger charge is -2.22. The molecule has 2 heteroatoms. The standard InChI is InChI=1S/C14H21NO/c1-5-13(16)10-11-6-8-12(9-7-11)15-14(2,3)4/h6-9,15H,5,10H2,1-4H3. The second-order valence-corrected chi connectivity index (χ2v) is 5.14. The second kappa shape index (κ2) is 5.15. The van der Waals surface area contributed by atoms with Gasteiger partial charge in [0.2, 0.25) is 0 Å². The molecule has 0 fully saturated rings. The Balaban J connectivity index is 2.64. The molecule has 0 aliphatic heterocycles. The minimum Gasteiger partial charge on any atom is -0.380 e. The summed E-state index contributed by atoms with van der Waals surface area (Å²) < 4.78 is 0. The first kappa shape index (κ1) is 12.8. The molecule has 1 N–H and O–H groups in total. The van der Waals surface area contributed by atoms with E-state index in [0.717, 1.165) is 11.3 Å². The van der Waals surface area contributed by atoms with Crippen molar-refractivity contribution in [2.24, 2.45) is 0 Å². The van der Waals surface area contributed by atoms with Crippen LogP contribution in [0.1, 0.15) is 39.7 Å². The molecular formula is C14H21NO. The van der Waals surface area contributed by atoms with Crippen LogP contribution in [0, 0.1) is 0 Å². The highest BCUT2D eigenvalue weighted by atomic mass is 16.1. The van der Waals surface area contributed by atoms with Gasteiger partial charge < -0.3 is 5.32 Å². The van der Waals surface area contributed by atoms with Crippen LogP contribution in [0.25, 0.3) is 0 Å². The molecule has 0 atom stereocenters. The molecular weight excluding hydrogens is 198 g/mol. The molecule has 88 valence electrons. The van der Waals surface area contributed by atoms with Crippen LogP contribution < -0.4 is 5.32 Å². The molecule has 2 nitrogen and oxygen atoms in total. The Morgan fingerprint density at radius 1 is 1.19 bits per heavy atom. The van der Waals surface area contributed by atoms with Crippen LogP contribution in [0.4, 0.5) is 5.69 Å². The van der Waals surface area contributed by atoms with E-state index >= 15 is 0 Å². The first-order valence-corrected chi connectivity index (χ1v) is 5.79. The van der Waals surface area contributed by atoms with E-state index < -0.39 is 0 Å². The fourth-order valence-electron chi connectivity index (χ4n) is 1.49. The summed E-state index contributed by atoms with van der Waals surface area (Å²) in [6.45, 7) is 8.28. The Morgan fingerprint density at radius 2 is 1.75 bits per heavy atom. The van der Waals surface area contributed by atoms with E-state index in [1.807, 2.05) is 31.2 Å². The fraction of sp³-hybridized carbons (Fsp3) is 0.500. The summed E-state index contributed by atoms with van der Waals surface area (Å²) in [5, 5.41) is 3.39. The van der Waals surface area contributed by atoms with Crippen LogP contribution in [0.2, 0.25) is 0 Å². The molecule has 0 amide bonds. The van der Waals surface area contributed by atoms with Crippen LogP contribution in [0.5, 0.6) is 0 Å². The zero-order chi connectivity index (χ0) is 12.2. The molecule has 0 spiro atoms. The summed E-state index contributed by atoms with van der Waals surface area (Å²) in [4.78, 5) is 11.3. The van der Waals surface area contributed by atoms with Gasteiger partial charge in [0.05, 0.1) is 0 Å². The van der Waals surface area contributed by atoms with Crippen molar-refractivity contribution in [2.75, 3.05) is 5.32 Å². The lowest BCUT2D eigenvalue weighted by Crippen LogP contribution is -2.25. The normalized spacial score (nSPS) is 11.2. The maximum atomic E-state index is 11.3. The van der Waals surface area contributed by atoms with Crippen molar-refractivity contribution in [3.05, 3.63) is 29.8 Å². The molecule has 0 heterocycles. The van der Waals surface area contributed by atoms with Crippen LogP contribution in [0.3, 0.4) is 0 Å². The van der Waals surface area contributed by atoms with E-state index in [4.69, 9.17) is 0 Å². The monoisotopic (exact) mass is 219 g/mol. The van der Waals surface area contributed by atoms with Crippen molar-refractivity contribution < 1.29 is 4.79 Å². The number of anilines is 1. The average molecular weight is 219 g/mol. The lowest BCUT2D eigenvalue weighted by molar-refractivity contribution is -0.118. The highest BCUT2D eigenvalue weighted by Gasteiger charge is 2.08. The third-order valence-corrected chi connectivity index (χ3v) is 2.27. The van der Waals surface area contributed by atoms with Crippen molar-refractivity contribution >= 4 is 11.5 Å². The van der Waals surface area contributed by atoms with Gasteiger partial charge >= 0.3 is 0 Å². The van der Waals surface area contributed by atoms with Gasteiger partial charge in [-0.25, -0.2) is 0 Å². The quantitative estimate of drug-likeness (QED) is 0.840. The minimum absolute atomic E-state index is 0.0702. The number of Topliss-reactive ketones (excluding diaryl/α,β-unsaturated/α-hetero) is 1. The fourth-order valence-corrected chi connectivity index (χ4v) is 1.49. The minimum atomic E-state index is 0.0702. The molecule has 0 bridgehead atoms. The summed E-state index contributed by atoms with van der Waals surface area (Å²) in [5.74, 6) is 0.288. The van der Waals surface area contributed by atoms with Crippen LogP contribution in [-0.4, -0.2) is 11.3 Å². The maximum Gasteiger partial charge on any atom is 0.136 e. The molecule has 16 heavy (non-hydrogen) atoms. The Bertz CT molecular complexity index is 346. The molecule has 0 saturated heterocycles. The Kier molecular flexibility index (Phi) is 4.11. The topological polar surface area (TPSA) is 29.1 Å². The number of hydrogen-bond acceptors (Lipinski definition) is 2. The van der Waals surface area contributed by atoms with E-state index in [0.29, 0.717) is 12.8 Å². The third-order valence-electron chi connectivity index (χ3n) is 2.27. The zero-order valence-corrected chi connectivity index (χ0v) is 10.6. The number of rotatable bonds is 4. The molecule has 0 aliphatic carbocycles. The zero-order valence-electron chi connectivity index (χ0n) is 10.6. The van der Waals surface area contributed by atoms with Gasteiger partial charge in [0.15, 0.2) is 0 Å². The molecule has 0 saturated carbocycles. The lowest BCUT2D eigenvalue weighted by atomic mass is 10.1. The Labute approximate surface area is 98.1 Å². The Hall–Kier alpha value is -1.31. The number of carbonyl (C=O) groups excluding carboxylic acids is 1. The van der Waals surface area contributed by atoms with E-state index in [9.17, 15) is 4.79 Å². The first-order valence-electron chi connectivity index (χ1n) is 5.79. The van der Waals surface area contributed by atoms with Gasteiger partial charge in [-0.2, -0.15) is 0 Å². The number of ketones is 1. The summed E-state index contributed by atoms with van der Waals surface area (Å²) in [6, 6.07) is 8.09. The van der Waals surface area contributed by atoms with Crippen LogP contribution in [-0.2, 0) is 11.2 Å². The summed E-state index contributed by atoms with van der Waals surface area (Å²) >= 11 is 0.